The quantitative estimate of drug-likeness (QED) is 0.365. The average Bonchev–Trinajstić information content (AvgIpc) is 3.05. The highest BCUT2D eigenvalue weighted by atomic mass is 16.3. The van der Waals surface area contributed by atoms with E-state index < -0.39 is 0 Å². The topological polar surface area (TPSA) is 16.4 Å². The summed E-state index contributed by atoms with van der Waals surface area (Å²) in [5.74, 6) is 0.459. The molecule has 28 heavy (non-hydrogen) atoms. The van der Waals surface area contributed by atoms with Gasteiger partial charge in [0.05, 0.1) is 5.69 Å². The molecule has 3 aromatic carbocycles. The van der Waals surface area contributed by atoms with E-state index >= 15 is 0 Å². The molecule has 144 valence electrons. The van der Waals surface area contributed by atoms with Crippen molar-refractivity contribution in [2.24, 2.45) is 0 Å². The van der Waals surface area contributed by atoms with E-state index in [0.29, 0.717) is 5.92 Å². The number of hydrogen-bond donors (Lipinski definition) is 0. The molecule has 0 aliphatic rings. The lowest BCUT2D eigenvalue weighted by molar-refractivity contribution is 0.573. The van der Waals surface area contributed by atoms with Gasteiger partial charge in [0, 0.05) is 29.1 Å². The van der Waals surface area contributed by atoms with Gasteiger partial charge < -0.3 is 9.32 Å². The highest BCUT2D eigenvalue weighted by Crippen LogP contribution is 2.41. The number of anilines is 2. The van der Waals surface area contributed by atoms with E-state index in [0.717, 1.165) is 16.9 Å². The summed E-state index contributed by atoms with van der Waals surface area (Å²) >= 11 is 0. The first-order valence-electron chi connectivity index (χ1n) is 10.1. The van der Waals surface area contributed by atoms with Crippen LogP contribution in [-0.2, 0) is 5.41 Å². The van der Waals surface area contributed by atoms with Gasteiger partial charge in [-0.2, -0.15) is 0 Å². The maximum absolute atomic E-state index is 6.54. The number of hydrogen-bond acceptors (Lipinski definition) is 2. The summed E-state index contributed by atoms with van der Waals surface area (Å²) in [4.78, 5) is 2.26. The fourth-order valence-electron chi connectivity index (χ4n) is 4.07. The van der Waals surface area contributed by atoms with Crippen LogP contribution in [-0.4, -0.2) is 7.05 Å². The summed E-state index contributed by atoms with van der Waals surface area (Å²) in [5.41, 5.74) is 6.90. The zero-order valence-corrected chi connectivity index (χ0v) is 17.7. The molecule has 2 heteroatoms. The average molecular weight is 372 g/mol. The molecule has 0 unspecified atom stereocenters. The molecule has 0 fully saturated rings. The number of para-hydroxylation sites is 3. The molecular formula is C26H29NO. The molecular weight excluding hydrogens is 342 g/mol. The summed E-state index contributed by atoms with van der Waals surface area (Å²) in [7, 11) is 2.13. The zero-order valence-electron chi connectivity index (χ0n) is 17.7. The summed E-state index contributed by atoms with van der Waals surface area (Å²) in [6, 6.07) is 21.6. The van der Waals surface area contributed by atoms with E-state index in [2.05, 4.69) is 107 Å². The lowest BCUT2D eigenvalue weighted by atomic mass is 9.86. The third-order valence-corrected chi connectivity index (χ3v) is 5.59. The van der Waals surface area contributed by atoms with Crippen molar-refractivity contribution in [1.29, 1.82) is 0 Å². The standard InChI is InChI=1S/C26H29NO/c1-17(2)18-11-7-8-15-22(18)27(6)23-16-10-13-20-19-12-9-14-21(26(3,4)5)24(19)28-25(20)23/h7-17H,1-6H3. The predicted octanol–water partition coefficient (Wildman–Crippen LogP) is 7.77. The van der Waals surface area contributed by atoms with Crippen LogP contribution in [0.15, 0.2) is 65.1 Å². The smallest absolute Gasteiger partial charge is 0.159 e. The minimum absolute atomic E-state index is 0.0314. The van der Waals surface area contributed by atoms with Crippen LogP contribution < -0.4 is 4.90 Å². The van der Waals surface area contributed by atoms with Crippen LogP contribution in [0.2, 0.25) is 0 Å². The van der Waals surface area contributed by atoms with E-state index in [1.54, 1.807) is 0 Å². The van der Waals surface area contributed by atoms with Crippen LogP contribution in [0.3, 0.4) is 0 Å². The van der Waals surface area contributed by atoms with E-state index in [9.17, 15) is 0 Å². The van der Waals surface area contributed by atoms with Gasteiger partial charge in [0.25, 0.3) is 0 Å². The lowest BCUT2D eigenvalue weighted by Crippen LogP contribution is -2.12. The molecule has 4 rings (SSSR count). The van der Waals surface area contributed by atoms with Gasteiger partial charge in [-0.15, -0.1) is 0 Å². The Morgan fingerprint density at radius 2 is 1.36 bits per heavy atom. The third-order valence-electron chi connectivity index (χ3n) is 5.59. The molecule has 0 spiro atoms. The van der Waals surface area contributed by atoms with Crippen LogP contribution in [0.1, 0.15) is 51.7 Å². The van der Waals surface area contributed by atoms with Gasteiger partial charge in [0.1, 0.15) is 5.58 Å². The third kappa shape index (κ3) is 2.97. The number of nitrogens with zero attached hydrogens (tertiary/aromatic N) is 1. The van der Waals surface area contributed by atoms with Crippen molar-refractivity contribution in [3.63, 3.8) is 0 Å². The number of benzene rings is 3. The van der Waals surface area contributed by atoms with E-state index in [1.807, 2.05) is 0 Å². The van der Waals surface area contributed by atoms with Crippen molar-refractivity contribution in [1.82, 2.24) is 0 Å². The lowest BCUT2D eigenvalue weighted by Gasteiger charge is -2.24. The SMILES string of the molecule is CC(C)c1ccccc1N(C)c1cccc2c1oc1c(C(C)(C)C)cccc12. The molecule has 0 aliphatic carbocycles. The Hall–Kier alpha value is -2.74. The first-order valence-corrected chi connectivity index (χ1v) is 10.1. The van der Waals surface area contributed by atoms with Crippen molar-refractivity contribution in [3.05, 3.63) is 71.8 Å². The molecule has 0 N–H and O–H groups in total. The summed E-state index contributed by atoms with van der Waals surface area (Å²) in [6.45, 7) is 11.2. The van der Waals surface area contributed by atoms with E-state index in [-0.39, 0.29) is 5.41 Å². The number of rotatable bonds is 3. The highest BCUT2D eigenvalue weighted by molar-refractivity contribution is 6.10. The Labute approximate surface area is 167 Å². The van der Waals surface area contributed by atoms with E-state index in [1.165, 1.54) is 27.6 Å². The van der Waals surface area contributed by atoms with Crippen molar-refractivity contribution < 1.29 is 4.42 Å². The maximum atomic E-state index is 6.54. The molecule has 0 saturated carbocycles. The molecule has 1 heterocycles. The zero-order chi connectivity index (χ0) is 20.1. The number of furan rings is 1. The second-order valence-corrected chi connectivity index (χ2v) is 8.96. The van der Waals surface area contributed by atoms with Crippen molar-refractivity contribution >= 4 is 33.3 Å². The molecule has 0 aliphatic heterocycles. The Morgan fingerprint density at radius 3 is 2.04 bits per heavy atom. The van der Waals surface area contributed by atoms with Gasteiger partial charge in [-0.25, -0.2) is 0 Å². The van der Waals surface area contributed by atoms with Gasteiger partial charge >= 0.3 is 0 Å². The molecule has 0 saturated heterocycles. The minimum atomic E-state index is 0.0314. The molecule has 0 amide bonds. The van der Waals surface area contributed by atoms with Crippen molar-refractivity contribution in [2.45, 2.75) is 46.0 Å². The molecule has 0 bridgehead atoms. The fraction of sp³-hybridized carbons (Fsp3) is 0.308. The summed E-state index contributed by atoms with van der Waals surface area (Å²) in [6.07, 6.45) is 0. The van der Waals surface area contributed by atoms with Crippen molar-refractivity contribution in [2.75, 3.05) is 11.9 Å². The minimum Gasteiger partial charge on any atom is -0.454 e. The molecule has 1 aromatic heterocycles. The summed E-state index contributed by atoms with van der Waals surface area (Å²) < 4.78 is 6.54. The van der Waals surface area contributed by atoms with Crippen molar-refractivity contribution in [3.8, 4) is 0 Å². The summed E-state index contributed by atoms with van der Waals surface area (Å²) in [5, 5.41) is 2.36. The Balaban J connectivity index is 1.97. The first-order chi connectivity index (χ1) is 13.3. The van der Waals surface area contributed by atoms with Crippen LogP contribution in [0.5, 0.6) is 0 Å². The second kappa shape index (κ2) is 6.70. The van der Waals surface area contributed by atoms with E-state index in [4.69, 9.17) is 4.42 Å². The maximum Gasteiger partial charge on any atom is 0.159 e. The fourth-order valence-corrected chi connectivity index (χ4v) is 4.07. The Bertz CT molecular complexity index is 1140. The Morgan fingerprint density at radius 1 is 0.750 bits per heavy atom. The van der Waals surface area contributed by atoms with Gasteiger partial charge in [-0.1, -0.05) is 83.1 Å². The van der Waals surface area contributed by atoms with Crippen LogP contribution in [0.4, 0.5) is 11.4 Å². The predicted molar refractivity (Wildman–Crippen MR) is 121 cm³/mol. The van der Waals surface area contributed by atoms with Gasteiger partial charge in [-0.3, -0.25) is 0 Å². The normalized spacial score (nSPS) is 12.2. The van der Waals surface area contributed by atoms with Crippen LogP contribution in [0.25, 0.3) is 21.9 Å². The molecule has 0 atom stereocenters. The second-order valence-electron chi connectivity index (χ2n) is 8.96. The first kappa shape index (κ1) is 18.6. The Kier molecular flexibility index (Phi) is 4.45. The highest BCUT2D eigenvalue weighted by Gasteiger charge is 2.22. The monoisotopic (exact) mass is 371 g/mol. The van der Waals surface area contributed by atoms with Gasteiger partial charge in [0.2, 0.25) is 0 Å². The van der Waals surface area contributed by atoms with Crippen LogP contribution in [0, 0.1) is 0 Å². The molecule has 2 nitrogen and oxygen atoms in total. The van der Waals surface area contributed by atoms with Gasteiger partial charge in [-0.05, 0) is 29.0 Å². The largest absolute Gasteiger partial charge is 0.454 e. The van der Waals surface area contributed by atoms with Crippen LogP contribution >= 0.6 is 0 Å². The molecule has 4 aromatic rings. The number of fused-ring (bicyclic) bond motifs is 3. The molecule has 0 radical (unpaired) electrons. The van der Waals surface area contributed by atoms with Gasteiger partial charge in [0.15, 0.2) is 5.58 Å².